The molecule has 6 nitrogen and oxygen atoms in total. The molecule has 5 rings (SSSR count). The molecule has 0 unspecified atom stereocenters. The van der Waals surface area contributed by atoms with Crippen LogP contribution in [0.3, 0.4) is 0 Å². The van der Waals surface area contributed by atoms with Gasteiger partial charge >= 0.3 is 0 Å². The van der Waals surface area contributed by atoms with Crippen molar-refractivity contribution in [3.05, 3.63) is 47.7 Å². The highest BCUT2D eigenvalue weighted by atomic mass is 32.1. The number of benzene rings is 1. The molecule has 1 aliphatic rings. The summed E-state index contributed by atoms with van der Waals surface area (Å²) in [5.74, 6) is 1.30. The Morgan fingerprint density at radius 1 is 1.00 bits per heavy atom. The molecule has 3 aromatic heterocycles. The van der Waals surface area contributed by atoms with Gasteiger partial charge in [0.15, 0.2) is 5.13 Å². The number of rotatable bonds is 4. The Balaban J connectivity index is 1.22. The molecule has 8 heteroatoms. The quantitative estimate of drug-likeness (QED) is 0.535. The fourth-order valence-electron chi connectivity index (χ4n) is 3.10. The molecule has 4 aromatic rings. The van der Waals surface area contributed by atoms with E-state index in [0.717, 1.165) is 41.7 Å². The van der Waals surface area contributed by atoms with E-state index in [2.05, 4.69) is 38.2 Å². The van der Waals surface area contributed by atoms with E-state index in [1.807, 2.05) is 23.6 Å². The maximum absolute atomic E-state index is 5.80. The average Bonchev–Trinajstić information content (AvgIpc) is 3.42. The van der Waals surface area contributed by atoms with Crippen LogP contribution in [0.1, 0.15) is 5.89 Å². The Hall–Kier alpha value is -2.29. The fourth-order valence-corrected chi connectivity index (χ4v) is 4.76. The summed E-state index contributed by atoms with van der Waals surface area (Å²) in [6.07, 6.45) is 0. The number of piperazine rings is 1. The maximum Gasteiger partial charge on any atom is 0.257 e. The molecule has 0 atom stereocenters. The molecule has 132 valence electrons. The second-order valence-corrected chi connectivity index (χ2v) is 8.16. The van der Waals surface area contributed by atoms with Gasteiger partial charge in [0.2, 0.25) is 5.89 Å². The van der Waals surface area contributed by atoms with Crippen LogP contribution in [0, 0.1) is 0 Å². The molecule has 0 aliphatic carbocycles. The smallest absolute Gasteiger partial charge is 0.257 e. The largest absolute Gasteiger partial charge is 0.419 e. The van der Waals surface area contributed by atoms with E-state index in [4.69, 9.17) is 9.40 Å². The van der Waals surface area contributed by atoms with Gasteiger partial charge in [0.25, 0.3) is 5.89 Å². The number of hydrogen-bond donors (Lipinski definition) is 0. The van der Waals surface area contributed by atoms with E-state index in [-0.39, 0.29) is 0 Å². The molecule has 1 aliphatic heterocycles. The minimum atomic E-state index is 0.614. The SMILES string of the molecule is c1csc(-c2nnc(CN3CCN(c4nc5ccccc5s4)CC3)o2)c1. The van der Waals surface area contributed by atoms with Crippen molar-refractivity contribution in [2.24, 2.45) is 0 Å². The van der Waals surface area contributed by atoms with Crippen molar-refractivity contribution in [3.8, 4) is 10.8 Å². The lowest BCUT2D eigenvalue weighted by molar-refractivity contribution is 0.227. The van der Waals surface area contributed by atoms with Gasteiger partial charge in [-0.2, -0.15) is 0 Å². The lowest BCUT2D eigenvalue weighted by atomic mass is 10.3. The molecule has 4 heterocycles. The zero-order valence-corrected chi connectivity index (χ0v) is 15.7. The molecule has 1 aromatic carbocycles. The number of nitrogens with zero attached hydrogens (tertiary/aromatic N) is 5. The minimum Gasteiger partial charge on any atom is -0.419 e. The molecule has 1 saturated heterocycles. The second-order valence-electron chi connectivity index (χ2n) is 6.21. The van der Waals surface area contributed by atoms with Gasteiger partial charge in [-0.25, -0.2) is 4.98 Å². The van der Waals surface area contributed by atoms with Crippen molar-refractivity contribution in [2.75, 3.05) is 31.1 Å². The highest BCUT2D eigenvalue weighted by molar-refractivity contribution is 7.22. The third-order valence-electron chi connectivity index (χ3n) is 4.48. The van der Waals surface area contributed by atoms with E-state index in [9.17, 15) is 0 Å². The summed E-state index contributed by atoms with van der Waals surface area (Å²) in [5, 5.41) is 11.5. The molecule has 0 spiro atoms. The van der Waals surface area contributed by atoms with Crippen LogP contribution in [0.4, 0.5) is 5.13 Å². The van der Waals surface area contributed by atoms with Crippen LogP contribution in [-0.2, 0) is 6.54 Å². The average molecular weight is 384 g/mol. The van der Waals surface area contributed by atoms with Crippen LogP contribution in [0.2, 0.25) is 0 Å². The van der Waals surface area contributed by atoms with Crippen LogP contribution in [0.5, 0.6) is 0 Å². The molecular formula is C18H17N5OS2. The van der Waals surface area contributed by atoms with Gasteiger partial charge in [-0.1, -0.05) is 29.5 Å². The number of thiophene rings is 1. The third kappa shape index (κ3) is 3.11. The summed E-state index contributed by atoms with van der Waals surface area (Å²) in [5.41, 5.74) is 1.09. The first-order chi connectivity index (χ1) is 12.8. The molecular weight excluding hydrogens is 366 g/mol. The lowest BCUT2D eigenvalue weighted by Crippen LogP contribution is -2.46. The molecule has 0 N–H and O–H groups in total. The van der Waals surface area contributed by atoms with Crippen molar-refractivity contribution in [2.45, 2.75) is 6.54 Å². The number of hydrogen-bond acceptors (Lipinski definition) is 8. The summed E-state index contributed by atoms with van der Waals surface area (Å²) < 4.78 is 7.05. The van der Waals surface area contributed by atoms with E-state index >= 15 is 0 Å². The summed E-state index contributed by atoms with van der Waals surface area (Å²) >= 11 is 3.38. The van der Waals surface area contributed by atoms with Crippen molar-refractivity contribution in [1.29, 1.82) is 0 Å². The molecule has 0 radical (unpaired) electrons. The zero-order chi connectivity index (χ0) is 17.3. The Labute approximate surface area is 158 Å². The number of thiazole rings is 1. The van der Waals surface area contributed by atoms with Crippen molar-refractivity contribution >= 4 is 38.0 Å². The first-order valence-corrected chi connectivity index (χ1v) is 10.2. The van der Waals surface area contributed by atoms with Gasteiger partial charge in [0.1, 0.15) is 0 Å². The Bertz CT molecular complexity index is 969. The number of aromatic nitrogens is 3. The maximum atomic E-state index is 5.80. The standard InChI is InChI=1S/C18H17N5OS2/c1-2-5-14-13(4-1)19-18(26-14)23-9-7-22(8-10-23)12-16-20-21-17(24-16)15-6-3-11-25-15/h1-6,11H,7-10,12H2. The number of fused-ring (bicyclic) bond motifs is 1. The zero-order valence-electron chi connectivity index (χ0n) is 14.0. The molecule has 0 bridgehead atoms. The van der Waals surface area contributed by atoms with Gasteiger partial charge in [0.05, 0.1) is 21.6 Å². The first-order valence-electron chi connectivity index (χ1n) is 8.54. The molecule has 26 heavy (non-hydrogen) atoms. The molecule has 0 saturated carbocycles. The normalized spacial score (nSPS) is 15.8. The van der Waals surface area contributed by atoms with Crippen molar-refractivity contribution < 1.29 is 4.42 Å². The van der Waals surface area contributed by atoms with Crippen LogP contribution < -0.4 is 4.90 Å². The minimum absolute atomic E-state index is 0.614. The highest BCUT2D eigenvalue weighted by Crippen LogP contribution is 2.29. The summed E-state index contributed by atoms with van der Waals surface area (Å²) in [4.78, 5) is 10.5. The Kier molecular flexibility index (Phi) is 4.16. The van der Waals surface area contributed by atoms with Gasteiger partial charge in [-0.3, -0.25) is 4.90 Å². The predicted molar refractivity (Wildman–Crippen MR) is 105 cm³/mol. The number of anilines is 1. The fraction of sp³-hybridized carbons (Fsp3) is 0.278. The first kappa shape index (κ1) is 15.9. The molecule has 0 amide bonds. The molecule has 1 fully saturated rings. The topological polar surface area (TPSA) is 58.3 Å². The van der Waals surface area contributed by atoms with E-state index in [1.54, 1.807) is 22.7 Å². The van der Waals surface area contributed by atoms with Gasteiger partial charge in [0, 0.05) is 26.2 Å². The number of para-hydroxylation sites is 1. The van der Waals surface area contributed by atoms with Gasteiger partial charge in [-0.15, -0.1) is 21.5 Å². The van der Waals surface area contributed by atoms with E-state index in [0.29, 0.717) is 18.3 Å². The second kappa shape index (κ2) is 6.79. The van der Waals surface area contributed by atoms with Gasteiger partial charge < -0.3 is 9.32 Å². The third-order valence-corrected chi connectivity index (χ3v) is 6.44. The van der Waals surface area contributed by atoms with E-state index < -0.39 is 0 Å². The summed E-state index contributed by atoms with van der Waals surface area (Å²) in [6, 6.07) is 12.3. The predicted octanol–water partition coefficient (Wildman–Crippen LogP) is 3.73. The van der Waals surface area contributed by atoms with Crippen molar-refractivity contribution in [1.82, 2.24) is 20.1 Å². The summed E-state index contributed by atoms with van der Waals surface area (Å²) in [7, 11) is 0. The lowest BCUT2D eigenvalue weighted by Gasteiger charge is -2.33. The van der Waals surface area contributed by atoms with Gasteiger partial charge in [-0.05, 0) is 23.6 Å². The monoisotopic (exact) mass is 383 g/mol. The van der Waals surface area contributed by atoms with Crippen molar-refractivity contribution in [3.63, 3.8) is 0 Å². The van der Waals surface area contributed by atoms with Crippen LogP contribution in [0.25, 0.3) is 21.0 Å². The van der Waals surface area contributed by atoms with Crippen LogP contribution >= 0.6 is 22.7 Å². The summed E-state index contributed by atoms with van der Waals surface area (Å²) in [6.45, 7) is 4.56. The van der Waals surface area contributed by atoms with E-state index in [1.165, 1.54) is 4.70 Å². The Morgan fingerprint density at radius 2 is 1.88 bits per heavy atom. The van der Waals surface area contributed by atoms with Crippen LogP contribution in [0.15, 0.2) is 46.2 Å². The Morgan fingerprint density at radius 3 is 2.69 bits per heavy atom. The van der Waals surface area contributed by atoms with Crippen LogP contribution in [-0.4, -0.2) is 46.3 Å². The highest BCUT2D eigenvalue weighted by Gasteiger charge is 2.21.